The number of nitrogens with one attached hydrogen (secondary N) is 2. The minimum atomic E-state index is -2.88. The number of hydrogen-bond acceptors (Lipinski definition) is 5. The normalized spacial score (nSPS) is 22.0. The number of ether oxygens (including phenoxy) is 2. The van der Waals surface area contributed by atoms with Gasteiger partial charge in [-0.3, -0.25) is 10.1 Å². The summed E-state index contributed by atoms with van der Waals surface area (Å²) in [4.78, 5) is 11.9. The van der Waals surface area contributed by atoms with Crippen molar-refractivity contribution in [3.05, 3.63) is 22.7 Å². The first-order chi connectivity index (χ1) is 11.4. The van der Waals surface area contributed by atoms with Crippen molar-refractivity contribution < 1.29 is 28.2 Å². The molecule has 6 nitrogen and oxygen atoms in total. The van der Waals surface area contributed by atoms with Crippen LogP contribution in [0.1, 0.15) is 18.1 Å². The van der Waals surface area contributed by atoms with Gasteiger partial charge in [0, 0.05) is 13.0 Å². The molecule has 0 radical (unpaired) electrons. The van der Waals surface area contributed by atoms with E-state index in [0.29, 0.717) is 35.3 Å². The lowest BCUT2D eigenvalue weighted by Gasteiger charge is -2.22. The Morgan fingerprint density at radius 3 is 2.84 bits per heavy atom. The largest absolute Gasteiger partial charge is 0.486 e. The number of carbonyl (C=O) groups excluding carboxylic acids is 1. The van der Waals surface area contributed by atoms with Crippen LogP contribution in [-0.4, -0.2) is 49.3 Å². The molecule has 1 aromatic carbocycles. The van der Waals surface area contributed by atoms with Crippen LogP contribution < -0.4 is 20.1 Å². The first-order valence-corrected chi connectivity index (χ1v) is 7.89. The molecule has 1 saturated heterocycles. The van der Waals surface area contributed by atoms with Crippen LogP contribution >= 0.6 is 24.0 Å². The fraction of sp³-hybridized carbons (Fsp3) is 0.533. The van der Waals surface area contributed by atoms with Gasteiger partial charge in [-0.25, -0.2) is 8.78 Å². The molecule has 1 aromatic rings. The maximum atomic E-state index is 13.1. The predicted octanol–water partition coefficient (Wildman–Crippen LogP) is 1.68. The Hall–Kier alpha value is -1.35. The molecule has 0 aliphatic carbocycles. The lowest BCUT2D eigenvalue weighted by atomic mass is 10.1. The van der Waals surface area contributed by atoms with Crippen LogP contribution in [0.3, 0.4) is 0 Å². The van der Waals surface area contributed by atoms with Gasteiger partial charge in [-0.2, -0.15) is 0 Å². The Kier molecular flexibility index (Phi) is 6.31. The second-order valence-corrected chi connectivity index (χ2v) is 6.19. The molecule has 10 heteroatoms. The third-order valence-corrected chi connectivity index (χ3v) is 4.18. The van der Waals surface area contributed by atoms with E-state index < -0.39 is 36.9 Å². The molecule has 2 aliphatic heterocycles. The standard InChI is InChI=1S/C15H17ClF2N2O4.ClH/c16-9-3-8(4-12-13(9)24-2-1-23-12)11(21)6-19-14(22)10-5-15(17,18)7-20-10;/h3-4,10-11,20-21H,1-2,5-7H2,(H,19,22);1H. The highest BCUT2D eigenvalue weighted by atomic mass is 35.5. The van der Waals surface area contributed by atoms with Crippen molar-refractivity contribution in [3.8, 4) is 11.5 Å². The van der Waals surface area contributed by atoms with Gasteiger partial charge in [-0.1, -0.05) is 11.6 Å². The molecule has 0 saturated carbocycles. The molecule has 2 aliphatic rings. The number of halogens is 4. The molecule has 0 bridgehead atoms. The van der Waals surface area contributed by atoms with Gasteiger partial charge in [-0.15, -0.1) is 12.4 Å². The topological polar surface area (TPSA) is 79.8 Å². The Bertz CT molecular complexity index is 648. The van der Waals surface area contributed by atoms with E-state index >= 15 is 0 Å². The summed E-state index contributed by atoms with van der Waals surface area (Å²) in [6.07, 6.45) is -1.60. The second-order valence-electron chi connectivity index (χ2n) is 5.78. The molecule has 1 fully saturated rings. The van der Waals surface area contributed by atoms with E-state index in [-0.39, 0.29) is 19.0 Å². The number of hydrogen-bond donors (Lipinski definition) is 3. The van der Waals surface area contributed by atoms with E-state index in [0.717, 1.165) is 0 Å². The van der Waals surface area contributed by atoms with Gasteiger partial charge in [0.1, 0.15) is 13.2 Å². The average Bonchev–Trinajstić information content (AvgIpc) is 2.92. The number of alkyl halides is 2. The van der Waals surface area contributed by atoms with Gasteiger partial charge in [0.2, 0.25) is 5.91 Å². The number of rotatable bonds is 4. The summed E-state index contributed by atoms with van der Waals surface area (Å²) in [5, 5.41) is 15.4. The number of aliphatic hydroxyl groups excluding tert-OH is 1. The summed E-state index contributed by atoms with van der Waals surface area (Å²) >= 11 is 6.09. The number of amides is 1. The van der Waals surface area contributed by atoms with Gasteiger partial charge in [0.25, 0.3) is 5.92 Å². The molecule has 0 aromatic heterocycles. The molecule has 2 heterocycles. The number of aliphatic hydroxyl groups is 1. The lowest BCUT2D eigenvalue weighted by molar-refractivity contribution is -0.123. The summed E-state index contributed by atoms with van der Waals surface area (Å²) in [5.41, 5.74) is 0.439. The lowest BCUT2D eigenvalue weighted by Crippen LogP contribution is -2.41. The van der Waals surface area contributed by atoms with Gasteiger partial charge < -0.3 is 19.9 Å². The third kappa shape index (κ3) is 4.63. The highest BCUT2D eigenvalue weighted by Gasteiger charge is 2.42. The highest BCUT2D eigenvalue weighted by molar-refractivity contribution is 6.32. The van der Waals surface area contributed by atoms with E-state index in [1.807, 2.05) is 0 Å². The molecule has 2 atom stereocenters. The molecule has 0 spiro atoms. The second kappa shape index (κ2) is 7.90. The third-order valence-electron chi connectivity index (χ3n) is 3.90. The predicted molar refractivity (Wildman–Crippen MR) is 89.0 cm³/mol. The Morgan fingerprint density at radius 1 is 1.44 bits per heavy atom. The number of carbonyl (C=O) groups is 1. The minimum absolute atomic E-state index is 0. The maximum absolute atomic E-state index is 13.1. The van der Waals surface area contributed by atoms with Crippen LogP contribution in [0.15, 0.2) is 12.1 Å². The zero-order valence-corrected chi connectivity index (χ0v) is 14.6. The van der Waals surface area contributed by atoms with Gasteiger partial charge in [0.05, 0.1) is 23.7 Å². The molecule has 3 rings (SSSR count). The van der Waals surface area contributed by atoms with Crippen LogP contribution in [0.25, 0.3) is 0 Å². The van der Waals surface area contributed by atoms with Crippen molar-refractivity contribution >= 4 is 29.9 Å². The molecule has 1 amide bonds. The Morgan fingerprint density at radius 2 is 2.16 bits per heavy atom. The zero-order chi connectivity index (χ0) is 17.3. The van der Waals surface area contributed by atoms with E-state index in [9.17, 15) is 18.7 Å². The maximum Gasteiger partial charge on any atom is 0.262 e. The van der Waals surface area contributed by atoms with Crippen molar-refractivity contribution in [2.75, 3.05) is 26.3 Å². The minimum Gasteiger partial charge on any atom is -0.486 e. The first kappa shape index (κ1) is 20.0. The highest BCUT2D eigenvalue weighted by Crippen LogP contribution is 2.39. The number of benzene rings is 1. The van der Waals surface area contributed by atoms with Crippen molar-refractivity contribution in [2.45, 2.75) is 24.5 Å². The van der Waals surface area contributed by atoms with Crippen molar-refractivity contribution in [1.29, 1.82) is 0 Å². The quantitative estimate of drug-likeness (QED) is 0.718. The smallest absolute Gasteiger partial charge is 0.262 e. The van der Waals surface area contributed by atoms with E-state index in [4.69, 9.17) is 21.1 Å². The van der Waals surface area contributed by atoms with Gasteiger partial charge >= 0.3 is 0 Å². The molecular weight excluding hydrogens is 381 g/mol. The van der Waals surface area contributed by atoms with E-state index in [1.54, 1.807) is 6.07 Å². The fourth-order valence-electron chi connectivity index (χ4n) is 2.66. The SMILES string of the molecule is Cl.O=C(NCC(O)c1cc(Cl)c2c(c1)OCCO2)C1CC(F)(F)CN1. The van der Waals surface area contributed by atoms with Gasteiger partial charge in [-0.05, 0) is 17.7 Å². The first-order valence-electron chi connectivity index (χ1n) is 7.52. The monoisotopic (exact) mass is 398 g/mol. The summed E-state index contributed by atoms with van der Waals surface area (Å²) in [5.74, 6) is -2.62. The Labute approximate surface area is 154 Å². The molecule has 3 N–H and O–H groups in total. The zero-order valence-electron chi connectivity index (χ0n) is 13.1. The van der Waals surface area contributed by atoms with Gasteiger partial charge in [0.15, 0.2) is 11.5 Å². The summed E-state index contributed by atoms with van der Waals surface area (Å²) in [6.45, 7) is 0.120. The summed E-state index contributed by atoms with van der Waals surface area (Å²) < 4.78 is 37.0. The molecule has 25 heavy (non-hydrogen) atoms. The van der Waals surface area contributed by atoms with Crippen LogP contribution in [0.5, 0.6) is 11.5 Å². The fourth-order valence-corrected chi connectivity index (χ4v) is 2.94. The Balaban J connectivity index is 0.00000225. The van der Waals surface area contributed by atoms with Crippen molar-refractivity contribution in [2.24, 2.45) is 0 Å². The van der Waals surface area contributed by atoms with Crippen LogP contribution in [0.2, 0.25) is 5.02 Å². The van der Waals surface area contributed by atoms with Crippen LogP contribution in [0.4, 0.5) is 8.78 Å². The summed E-state index contributed by atoms with van der Waals surface area (Å²) in [7, 11) is 0. The van der Waals surface area contributed by atoms with E-state index in [2.05, 4.69) is 10.6 Å². The number of fused-ring (bicyclic) bond motifs is 1. The van der Waals surface area contributed by atoms with Crippen molar-refractivity contribution in [1.82, 2.24) is 10.6 Å². The van der Waals surface area contributed by atoms with Crippen molar-refractivity contribution in [3.63, 3.8) is 0 Å². The van der Waals surface area contributed by atoms with E-state index in [1.165, 1.54) is 6.07 Å². The van der Waals surface area contributed by atoms with Crippen LogP contribution in [0, 0.1) is 0 Å². The summed E-state index contributed by atoms with van der Waals surface area (Å²) in [6, 6.07) is 2.14. The molecule has 140 valence electrons. The molecule has 2 unspecified atom stereocenters. The van der Waals surface area contributed by atoms with Crippen LogP contribution in [-0.2, 0) is 4.79 Å². The average molecular weight is 399 g/mol. The molecular formula is C15H18Cl2F2N2O4.